The third kappa shape index (κ3) is 3.68. The Hall–Kier alpha value is -1.13. The molecule has 1 aromatic rings. The van der Waals surface area contributed by atoms with Crippen LogP contribution in [0, 0.1) is 0 Å². The lowest BCUT2D eigenvalue weighted by Gasteiger charge is -2.20. The zero-order chi connectivity index (χ0) is 11.2. The van der Waals surface area contributed by atoms with Crippen molar-refractivity contribution in [3.8, 4) is 17.2 Å². The van der Waals surface area contributed by atoms with E-state index in [0.717, 1.165) is 30.2 Å². The summed E-state index contributed by atoms with van der Waals surface area (Å²) in [6.07, 6.45) is 0.973. The summed E-state index contributed by atoms with van der Waals surface area (Å²) in [6, 6.07) is 5.72. The number of fused-ring (bicyclic) bond motifs is 1. The molecule has 2 rings (SSSR count). The summed E-state index contributed by atoms with van der Waals surface area (Å²) in [4.78, 5) is 0. The molecule has 0 fully saturated rings. The zero-order valence-corrected chi connectivity index (χ0v) is 10.6. The highest BCUT2D eigenvalue weighted by molar-refractivity contribution is 5.51. The van der Waals surface area contributed by atoms with Gasteiger partial charge in [0.2, 0.25) is 5.75 Å². The van der Waals surface area contributed by atoms with E-state index in [-0.39, 0.29) is 12.4 Å². The van der Waals surface area contributed by atoms with E-state index in [1.54, 1.807) is 0 Å². The van der Waals surface area contributed by atoms with Crippen LogP contribution < -0.4 is 31.9 Å². The van der Waals surface area contributed by atoms with Gasteiger partial charge in [0.1, 0.15) is 13.2 Å². The molecule has 0 saturated heterocycles. The van der Waals surface area contributed by atoms with Gasteiger partial charge in [-0.15, -0.1) is 0 Å². The van der Waals surface area contributed by atoms with Gasteiger partial charge in [-0.05, 0) is 32.1 Å². The lowest BCUT2D eigenvalue weighted by Crippen LogP contribution is -3.00. The van der Waals surface area contributed by atoms with Crippen LogP contribution in [0.15, 0.2) is 18.2 Å². The number of nitrogens with one attached hydrogen (secondary N) is 1. The van der Waals surface area contributed by atoms with Crippen molar-refractivity contribution in [1.82, 2.24) is 5.32 Å². The minimum atomic E-state index is 0. The molecule has 1 aliphatic heterocycles. The van der Waals surface area contributed by atoms with E-state index in [0.29, 0.717) is 19.8 Å². The quantitative estimate of drug-likeness (QED) is 0.650. The first-order valence-corrected chi connectivity index (χ1v) is 5.58. The number of benzene rings is 1. The molecule has 0 unspecified atom stereocenters. The normalized spacial score (nSPS) is 12.8. The maximum atomic E-state index is 5.66. The molecule has 1 heterocycles. The van der Waals surface area contributed by atoms with Gasteiger partial charge in [-0.1, -0.05) is 6.07 Å². The van der Waals surface area contributed by atoms with Gasteiger partial charge in [-0.25, -0.2) is 0 Å². The van der Waals surface area contributed by atoms with Gasteiger partial charge >= 0.3 is 0 Å². The summed E-state index contributed by atoms with van der Waals surface area (Å²) in [5, 5.41) is 3.08. The van der Waals surface area contributed by atoms with Gasteiger partial charge in [-0.2, -0.15) is 0 Å². The minimum absolute atomic E-state index is 0. The number of rotatable bonds is 5. The van der Waals surface area contributed by atoms with Crippen molar-refractivity contribution < 1.29 is 26.6 Å². The Labute approximate surface area is 108 Å². The second-order valence-electron chi connectivity index (χ2n) is 3.59. The molecule has 96 valence electrons. The smallest absolute Gasteiger partial charge is 0.203 e. The molecule has 0 radical (unpaired) electrons. The molecule has 1 N–H and O–H groups in total. The van der Waals surface area contributed by atoms with Crippen LogP contribution in [0.2, 0.25) is 0 Å². The van der Waals surface area contributed by atoms with E-state index in [1.807, 2.05) is 25.2 Å². The van der Waals surface area contributed by atoms with Gasteiger partial charge < -0.3 is 31.9 Å². The molecule has 0 bridgehead atoms. The summed E-state index contributed by atoms with van der Waals surface area (Å²) >= 11 is 0. The maximum absolute atomic E-state index is 5.66. The molecule has 0 amide bonds. The van der Waals surface area contributed by atoms with E-state index in [2.05, 4.69) is 5.32 Å². The standard InChI is InChI=1S/C12H17NO3.ClH/c1-13-6-3-7-14-10-4-2-5-11-12(10)16-9-8-15-11;/h2,4-5,13H,3,6-9H2,1H3;1H/p-1. The highest BCUT2D eigenvalue weighted by Crippen LogP contribution is 2.38. The fourth-order valence-electron chi connectivity index (χ4n) is 1.59. The average molecular weight is 259 g/mol. The molecule has 1 aliphatic rings. The Morgan fingerprint density at radius 1 is 1.29 bits per heavy atom. The lowest BCUT2D eigenvalue weighted by atomic mass is 10.3. The maximum Gasteiger partial charge on any atom is 0.203 e. The monoisotopic (exact) mass is 258 g/mol. The SMILES string of the molecule is CNCCCOc1cccc2c1OCCO2.[Cl-]. The molecule has 0 aromatic heterocycles. The fraction of sp³-hybridized carbons (Fsp3) is 0.500. The Balaban J connectivity index is 0.00000144. The van der Waals surface area contributed by atoms with Crippen molar-refractivity contribution in [2.45, 2.75) is 6.42 Å². The number of hydrogen-bond donors (Lipinski definition) is 1. The highest BCUT2D eigenvalue weighted by atomic mass is 35.5. The third-order valence-electron chi connectivity index (χ3n) is 2.36. The topological polar surface area (TPSA) is 39.7 Å². The third-order valence-corrected chi connectivity index (χ3v) is 2.36. The molecule has 0 spiro atoms. The number of ether oxygens (including phenoxy) is 3. The number of para-hydroxylation sites is 1. The van der Waals surface area contributed by atoms with Crippen molar-refractivity contribution >= 4 is 0 Å². The first kappa shape index (κ1) is 13.9. The molecule has 0 atom stereocenters. The van der Waals surface area contributed by atoms with Crippen LogP contribution in [0.3, 0.4) is 0 Å². The minimum Gasteiger partial charge on any atom is -1.00 e. The molecule has 1 aromatic carbocycles. The molecular formula is C12H17ClNO3-. The summed E-state index contributed by atoms with van der Waals surface area (Å²) in [6.45, 7) is 2.83. The first-order chi connectivity index (χ1) is 7.92. The van der Waals surface area contributed by atoms with Gasteiger partial charge in [0.15, 0.2) is 11.5 Å². The van der Waals surface area contributed by atoms with Gasteiger partial charge in [0.05, 0.1) is 6.61 Å². The second kappa shape index (κ2) is 7.25. The van der Waals surface area contributed by atoms with Crippen molar-refractivity contribution in [2.24, 2.45) is 0 Å². The molecule has 5 heteroatoms. The largest absolute Gasteiger partial charge is 1.00 e. The predicted octanol–water partition coefficient (Wildman–Crippen LogP) is -1.55. The van der Waals surface area contributed by atoms with E-state index in [9.17, 15) is 0 Å². The summed E-state index contributed by atoms with van der Waals surface area (Å²) in [7, 11) is 1.93. The Kier molecular flexibility index (Phi) is 5.94. The van der Waals surface area contributed by atoms with Gasteiger partial charge in [-0.3, -0.25) is 0 Å². The van der Waals surface area contributed by atoms with Crippen molar-refractivity contribution in [3.05, 3.63) is 18.2 Å². The van der Waals surface area contributed by atoms with Crippen LogP contribution in [0.1, 0.15) is 6.42 Å². The Morgan fingerprint density at radius 3 is 2.94 bits per heavy atom. The van der Waals surface area contributed by atoms with E-state index in [4.69, 9.17) is 14.2 Å². The van der Waals surface area contributed by atoms with E-state index < -0.39 is 0 Å². The van der Waals surface area contributed by atoms with Crippen LogP contribution in [0.5, 0.6) is 17.2 Å². The average Bonchev–Trinajstić information content (AvgIpc) is 2.35. The summed E-state index contributed by atoms with van der Waals surface area (Å²) in [5.41, 5.74) is 0. The number of hydrogen-bond acceptors (Lipinski definition) is 4. The van der Waals surface area contributed by atoms with Crippen LogP contribution in [0.4, 0.5) is 0 Å². The summed E-state index contributed by atoms with van der Waals surface area (Å²) in [5.74, 6) is 2.28. The van der Waals surface area contributed by atoms with E-state index in [1.165, 1.54) is 0 Å². The predicted molar refractivity (Wildman–Crippen MR) is 61.5 cm³/mol. The molecule has 0 saturated carbocycles. The van der Waals surface area contributed by atoms with Crippen molar-refractivity contribution in [1.29, 1.82) is 0 Å². The molecule has 0 aliphatic carbocycles. The molecular weight excluding hydrogens is 242 g/mol. The fourth-order valence-corrected chi connectivity index (χ4v) is 1.59. The lowest BCUT2D eigenvalue weighted by molar-refractivity contribution is -0.00000433. The Bertz CT molecular complexity index is 347. The van der Waals surface area contributed by atoms with E-state index >= 15 is 0 Å². The van der Waals surface area contributed by atoms with Crippen molar-refractivity contribution in [3.63, 3.8) is 0 Å². The molecule has 17 heavy (non-hydrogen) atoms. The first-order valence-electron chi connectivity index (χ1n) is 5.58. The number of halogens is 1. The van der Waals surface area contributed by atoms with Gasteiger partial charge in [0, 0.05) is 0 Å². The van der Waals surface area contributed by atoms with Crippen LogP contribution >= 0.6 is 0 Å². The molecule has 4 nitrogen and oxygen atoms in total. The van der Waals surface area contributed by atoms with Crippen LogP contribution in [-0.2, 0) is 0 Å². The van der Waals surface area contributed by atoms with Crippen molar-refractivity contribution in [2.75, 3.05) is 33.4 Å². The second-order valence-corrected chi connectivity index (χ2v) is 3.59. The van der Waals surface area contributed by atoms with Gasteiger partial charge in [0.25, 0.3) is 0 Å². The Morgan fingerprint density at radius 2 is 2.12 bits per heavy atom. The zero-order valence-electron chi connectivity index (χ0n) is 9.87. The summed E-state index contributed by atoms with van der Waals surface area (Å²) < 4.78 is 16.7. The van der Waals surface area contributed by atoms with Crippen LogP contribution in [-0.4, -0.2) is 33.4 Å². The van der Waals surface area contributed by atoms with Crippen LogP contribution in [0.25, 0.3) is 0 Å². The highest BCUT2D eigenvalue weighted by Gasteiger charge is 2.16.